The fourth-order valence-corrected chi connectivity index (χ4v) is 1.93. The first kappa shape index (κ1) is 14.4. The van der Waals surface area contributed by atoms with Gasteiger partial charge in [-0.05, 0) is 29.4 Å². The molecule has 0 saturated heterocycles. The molecule has 2 aromatic carbocycles. The number of carbonyl (C=O) groups is 2. The number of nitroso groups, excluding NO2 is 1. The van der Waals surface area contributed by atoms with E-state index in [0.29, 0.717) is 5.56 Å². The van der Waals surface area contributed by atoms with Gasteiger partial charge in [-0.25, -0.2) is 4.79 Å². The average Bonchev–Trinajstić information content (AvgIpc) is 2.53. The Hall–Kier alpha value is -3.02. The summed E-state index contributed by atoms with van der Waals surface area (Å²) in [4.78, 5) is 35.3. The maximum atomic E-state index is 12.4. The summed E-state index contributed by atoms with van der Waals surface area (Å²) in [7, 11) is 0. The number of carbonyl (C=O) groups excluding carboxylic acids is 1. The van der Waals surface area contributed by atoms with Crippen LogP contribution in [0, 0.1) is 4.91 Å². The van der Waals surface area contributed by atoms with Crippen LogP contribution in [0.15, 0.2) is 59.8 Å². The normalized spacial score (nSPS) is 9.90. The third-order valence-corrected chi connectivity index (χ3v) is 2.89. The van der Waals surface area contributed by atoms with Gasteiger partial charge in [0.2, 0.25) is 0 Å². The van der Waals surface area contributed by atoms with Crippen molar-refractivity contribution in [2.24, 2.45) is 5.18 Å². The summed E-state index contributed by atoms with van der Waals surface area (Å²) in [5, 5.41) is 11.9. The molecule has 6 heteroatoms. The van der Waals surface area contributed by atoms with E-state index in [1.807, 2.05) is 0 Å². The molecule has 0 atom stereocenters. The average molecular weight is 284 g/mol. The molecule has 106 valence electrons. The minimum atomic E-state index is -1.18. The van der Waals surface area contributed by atoms with E-state index in [4.69, 9.17) is 0 Å². The number of amides is 1. The Labute approximate surface area is 120 Å². The van der Waals surface area contributed by atoms with Gasteiger partial charge >= 0.3 is 5.97 Å². The van der Waals surface area contributed by atoms with Crippen LogP contribution >= 0.6 is 0 Å². The predicted molar refractivity (Wildman–Crippen MR) is 77.3 cm³/mol. The molecule has 1 amide bonds. The third kappa shape index (κ3) is 3.11. The fraction of sp³-hybridized carbons (Fsp3) is 0.0667. The zero-order chi connectivity index (χ0) is 15.2. The standard InChI is InChI=1S/C15H12N2O4/c18-14(11-6-2-1-3-7-11)17(10-16-21)13-9-5-4-8-12(13)15(19)20/h1-9H,10H2,(H,19,20). The largest absolute Gasteiger partial charge is 0.478 e. The van der Waals surface area contributed by atoms with Gasteiger partial charge in [-0.3, -0.25) is 9.69 Å². The van der Waals surface area contributed by atoms with Crippen LogP contribution in [-0.4, -0.2) is 23.7 Å². The molecular formula is C15H12N2O4. The van der Waals surface area contributed by atoms with Gasteiger partial charge in [0, 0.05) is 5.56 Å². The molecule has 6 nitrogen and oxygen atoms in total. The quantitative estimate of drug-likeness (QED) is 0.855. The highest BCUT2D eigenvalue weighted by Crippen LogP contribution is 2.22. The van der Waals surface area contributed by atoms with E-state index in [1.165, 1.54) is 12.1 Å². The Morgan fingerprint density at radius 1 is 1.00 bits per heavy atom. The number of benzene rings is 2. The van der Waals surface area contributed by atoms with Crippen LogP contribution in [-0.2, 0) is 0 Å². The summed E-state index contributed by atoms with van der Waals surface area (Å²) >= 11 is 0. The van der Waals surface area contributed by atoms with Crippen LogP contribution in [0.25, 0.3) is 0 Å². The molecular weight excluding hydrogens is 272 g/mol. The Bertz CT molecular complexity index is 670. The molecule has 0 aliphatic rings. The molecule has 2 rings (SSSR count). The number of rotatable bonds is 5. The van der Waals surface area contributed by atoms with E-state index >= 15 is 0 Å². The minimum Gasteiger partial charge on any atom is -0.478 e. The summed E-state index contributed by atoms with van der Waals surface area (Å²) in [5.41, 5.74) is 0.422. The van der Waals surface area contributed by atoms with E-state index in [2.05, 4.69) is 5.18 Å². The third-order valence-electron chi connectivity index (χ3n) is 2.89. The van der Waals surface area contributed by atoms with Crippen LogP contribution in [0.4, 0.5) is 5.69 Å². The van der Waals surface area contributed by atoms with Crippen molar-refractivity contribution in [1.29, 1.82) is 0 Å². The first-order chi connectivity index (χ1) is 10.1. The van der Waals surface area contributed by atoms with Crippen molar-refractivity contribution >= 4 is 17.6 Å². The Morgan fingerprint density at radius 2 is 1.62 bits per heavy atom. The minimum absolute atomic E-state index is 0.0644. The number of aromatic carboxylic acids is 1. The van der Waals surface area contributed by atoms with Crippen molar-refractivity contribution in [2.75, 3.05) is 11.6 Å². The fourth-order valence-electron chi connectivity index (χ4n) is 1.93. The van der Waals surface area contributed by atoms with Crippen molar-refractivity contribution in [3.05, 3.63) is 70.6 Å². The highest BCUT2D eigenvalue weighted by atomic mass is 16.4. The van der Waals surface area contributed by atoms with Crippen molar-refractivity contribution < 1.29 is 14.7 Å². The Balaban J connectivity index is 2.47. The second-order valence-corrected chi connectivity index (χ2v) is 4.19. The number of carboxylic acid groups (broad SMARTS) is 1. The Morgan fingerprint density at radius 3 is 2.24 bits per heavy atom. The lowest BCUT2D eigenvalue weighted by molar-refractivity contribution is 0.0697. The van der Waals surface area contributed by atoms with Crippen molar-refractivity contribution in [1.82, 2.24) is 0 Å². The van der Waals surface area contributed by atoms with E-state index in [9.17, 15) is 19.6 Å². The van der Waals surface area contributed by atoms with Gasteiger partial charge in [0.15, 0.2) is 6.67 Å². The number of nitrogens with zero attached hydrogens (tertiary/aromatic N) is 2. The van der Waals surface area contributed by atoms with E-state index in [1.54, 1.807) is 42.5 Å². The van der Waals surface area contributed by atoms with Crippen molar-refractivity contribution in [3.8, 4) is 0 Å². The van der Waals surface area contributed by atoms with Gasteiger partial charge < -0.3 is 5.11 Å². The zero-order valence-corrected chi connectivity index (χ0v) is 11.0. The van der Waals surface area contributed by atoms with Crippen molar-refractivity contribution in [3.63, 3.8) is 0 Å². The van der Waals surface area contributed by atoms with Crippen LogP contribution in [0.3, 0.4) is 0 Å². The molecule has 0 bridgehead atoms. The van der Waals surface area contributed by atoms with E-state index in [-0.39, 0.29) is 11.3 Å². The Kier molecular flexibility index (Phi) is 4.40. The highest BCUT2D eigenvalue weighted by Gasteiger charge is 2.22. The van der Waals surface area contributed by atoms with Crippen LogP contribution in [0.1, 0.15) is 20.7 Å². The smallest absolute Gasteiger partial charge is 0.337 e. The number of hydrogen-bond acceptors (Lipinski definition) is 4. The van der Waals surface area contributed by atoms with Gasteiger partial charge in [0.1, 0.15) is 0 Å². The topological polar surface area (TPSA) is 87.0 Å². The maximum absolute atomic E-state index is 12.4. The molecule has 1 N–H and O–H groups in total. The molecule has 0 aromatic heterocycles. The first-order valence-electron chi connectivity index (χ1n) is 6.13. The summed E-state index contributed by atoms with van der Waals surface area (Å²) < 4.78 is 0. The van der Waals surface area contributed by atoms with Gasteiger partial charge in [-0.15, -0.1) is 4.91 Å². The summed E-state index contributed by atoms with van der Waals surface area (Å²) in [6.07, 6.45) is 0. The summed E-state index contributed by atoms with van der Waals surface area (Å²) in [5.74, 6) is -1.66. The monoisotopic (exact) mass is 284 g/mol. The molecule has 0 aliphatic heterocycles. The van der Waals surface area contributed by atoms with Crippen LogP contribution in [0.2, 0.25) is 0 Å². The number of hydrogen-bond donors (Lipinski definition) is 1. The van der Waals surface area contributed by atoms with E-state index in [0.717, 1.165) is 4.90 Å². The molecule has 2 aromatic rings. The molecule has 0 fully saturated rings. The van der Waals surface area contributed by atoms with Gasteiger partial charge in [0.25, 0.3) is 5.91 Å². The van der Waals surface area contributed by atoms with Crippen LogP contribution in [0.5, 0.6) is 0 Å². The lowest BCUT2D eigenvalue weighted by Crippen LogP contribution is -2.32. The summed E-state index contributed by atoms with van der Waals surface area (Å²) in [6.45, 7) is -0.460. The second kappa shape index (κ2) is 6.42. The van der Waals surface area contributed by atoms with Crippen molar-refractivity contribution in [2.45, 2.75) is 0 Å². The molecule has 0 aliphatic carbocycles. The van der Waals surface area contributed by atoms with Gasteiger partial charge in [-0.2, -0.15) is 0 Å². The van der Waals surface area contributed by atoms with Gasteiger partial charge in [-0.1, -0.05) is 30.3 Å². The van der Waals surface area contributed by atoms with E-state index < -0.39 is 18.5 Å². The maximum Gasteiger partial charge on any atom is 0.337 e. The molecule has 0 radical (unpaired) electrons. The van der Waals surface area contributed by atoms with Gasteiger partial charge in [0.05, 0.1) is 11.3 Å². The number of anilines is 1. The molecule has 0 saturated carbocycles. The molecule has 0 spiro atoms. The zero-order valence-electron chi connectivity index (χ0n) is 11.0. The predicted octanol–water partition coefficient (Wildman–Crippen LogP) is 2.76. The lowest BCUT2D eigenvalue weighted by Gasteiger charge is -2.21. The lowest BCUT2D eigenvalue weighted by atomic mass is 10.1. The number of carboxylic acids is 1. The summed E-state index contributed by atoms with van der Waals surface area (Å²) in [6, 6.07) is 14.3. The highest BCUT2D eigenvalue weighted by molar-refractivity contribution is 6.09. The molecule has 21 heavy (non-hydrogen) atoms. The molecule has 0 unspecified atom stereocenters. The van der Waals surface area contributed by atoms with Crippen LogP contribution < -0.4 is 4.90 Å². The number of para-hydroxylation sites is 1. The first-order valence-corrected chi connectivity index (χ1v) is 6.13. The second-order valence-electron chi connectivity index (χ2n) is 4.19. The molecule has 0 heterocycles. The SMILES string of the molecule is O=NCN(C(=O)c1ccccc1)c1ccccc1C(=O)O.